The summed E-state index contributed by atoms with van der Waals surface area (Å²) in [5, 5.41) is 9.50. The molecule has 0 spiro atoms. The lowest BCUT2D eigenvalue weighted by atomic mass is 10.0. The summed E-state index contributed by atoms with van der Waals surface area (Å²) in [5.74, 6) is 1.49. The van der Waals surface area contributed by atoms with Crippen LogP contribution in [0, 0.1) is 13.8 Å². The van der Waals surface area contributed by atoms with E-state index in [4.69, 9.17) is 18.9 Å². The molecule has 0 saturated heterocycles. The van der Waals surface area contributed by atoms with Crippen molar-refractivity contribution in [2.24, 2.45) is 0 Å². The Kier molecular flexibility index (Phi) is 8.32. The molecule has 0 fully saturated rings. The number of rotatable bonds is 9. The molecule has 8 nitrogen and oxygen atoms in total. The van der Waals surface area contributed by atoms with Crippen molar-refractivity contribution in [1.82, 2.24) is 0 Å². The number of hydrogen-bond acceptors (Lipinski definition) is 6. The summed E-state index contributed by atoms with van der Waals surface area (Å²) in [5.41, 5.74) is 1.79. The number of esters is 1. The predicted octanol–water partition coefficient (Wildman–Crippen LogP) is 3.07. The first-order valence-corrected chi connectivity index (χ1v) is 9.80. The minimum Gasteiger partial charge on any atom is -0.763 e. The average molecular weight is 438 g/mol. The van der Waals surface area contributed by atoms with Crippen LogP contribution in [0.5, 0.6) is 17.2 Å². The molecule has 0 unspecified atom stereocenters. The average Bonchev–Trinajstić information content (AvgIpc) is 2.77. The monoisotopic (exact) mass is 438 g/mol. The number of pyridine rings is 1. The second-order valence-electron chi connectivity index (χ2n) is 6.82. The van der Waals surface area contributed by atoms with E-state index < -0.39 is 11.8 Å². The summed E-state index contributed by atoms with van der Waals surface area (Å²) in [6.45, 7) is 5.50. The van der Waals surface area contributed by atoms with Gasteiger partial charge in [-0.2, -0.15) is 4.57 Å². The number of methoxy groups -OCH3 is 3. The molecule has 1 heterocycles. The molecule has 8 heteroatoms. The van der Waals surface area contributed by atoms with Gasteiger partial charge in [-0.3, -0.25) is 10.7 Å². The van der Waals surface area contributed by atoms with E-state index in [1.165, 1.54) is 39.5 Å². The Labute approximate surface area is 187 Å². The Bertz CT molecular complexity index is 1070. The highest BCUT2D eigenvalue weighted by Gasteiger charge is 2.27. The lowest BCUT2D eigenvalue weighted by molar-refractivity contribution is -0.577. The third-order valence-corrected chi connectivity index (χ3v) is 4.48. The largest absolute Gasteiger partial charge is 0.763 e. The molecule has 0 saturated carbocycles. The molecule has 0 amide bonds. The molecule has 0 aliphatic rings. The summed E-state index contributed by atoms with van der Waals surface area (Å²) in [6, 6.07) is 4.96. The van der Waals surface area contributed by atoms with Crippen LogP contribution in [0.2, 0.25) is 0 Å². The first-order chi connectivity index (χ1) is 15.3. The number of allylic oxidation sites excluding steroid dienone is 1. The fraction of sp³-hybridized carbons (Fsp3) is 0.292. The standard InChI is InChI=1S/C24H26N2O6/c1-7-32-24(28)18(12-25)9-19(26-13-15(2)8-16(3)14-26)22(27)17-10-20(29-4)23(31-6)21(11-17)30-5/h8-11,13-14H,7H2,1-6H3/b19-9-. The van der Waals surface area contributed by atoms with Crippen molar-refractivity contribution in [2.45, 2.75) is 20.8 Å². The number of ether oxygens (including phenoxy) is 4. The molecule has 1 aromatic heterocycles. The zero-order valence-electron chi connectivity index (χ0n) is 19.0. The number of benzene rings is 1. The van der Waals surface area contributed by atoms with Gasteiger partial charge >= 0.3 is 5.97 Å². The van der Waals surface area contributed by atoms with Gasteiger partial charge in [0.2, 0.25) is 5.75 Å². The van der Waals surface area contributed by atoms with Gasteiger partial charge in [0.25, 0.3) is 11.5 Å². The van der Waals surface area contributed by atoms with Gasteiger partial charge in [-0.1, -0.05) is 0 Å². The van der Waals surface area contributed by atoms with E-state index in [0.29, 0.717) is 17.2 Å². The number of carbonyl (C=O) groups excluding carboxylic acids is 2. The molecule has 0 atom stereocenters. The normalized spacial score (nSPS) is 10.8. The third kappa shape index (κ3) is 5.42. The van der Waals surface area contributed by atoms with Crippen LogP contribution in [0.4, 0.5) is 0 Å². The molecule has 0 bridgehead atoms. The highest BCUT2D eigenvalue weighted by atomic mass is 16.5. The smallest absolute Gasteiger partial charge is 0.344 e. The van der Waals surface area contributed by atoms with Gasteiger partial charge in [0.1, 0.15) is 0 Å². The Balaban J connectivity index is 2.75. The van der Waals surface area contributed by atoms with E-state index in [-0.39, 0.29) is 23.4 Å². The number of hydrogen-bond donors (Lipinski definition) is 0. The minimum absolute atomic E-state index is 0.0793. The van der Waals surface area contributed by atoms with Crippen molar-refractivity contribution >= 4 is 23.3 Å². The Morgan fingerprint density at radius 2 is 1.56 bits per heavy atom. The van der Waals surface area contributed by atoms with Gasteiger partial charge in [-0.15, -0.1) is 0 Å². The number of carbonyl (C=O) groups is 2. The topological polar surface area (TPSA) is 97.2 Å². The van der Waals surface area contributed by atoms with Crippen molar-refractivity contribution in [3.63, 3.8) is 0 Å². The Morgan fingerprint density at radius 3 is 2.00 bits per heavy atom. The fourth-order valence-electron chi connectivity index (χ4n) is 3.15. The molecule has 0 radical (unpaired) electrons. The van der Waals surface area contributed by atoms with Crippen molar-refractivity contribution in [2.75, 3.05) is 27.9 Å². The summed E-state index contributed by atoms with van der Waals surface area (Å²) >= 11 is 0. The van der Waals surface area contributed by atoms with Gasteiger partial charge in [-0.05, 0) is 39.0 Å². The SMILES string of the molecule is CCOC(=O)C(=C=[N-])/C=C(/C(=O)c1cc(OC)c(OC)c(OC)c1)[n+]1cc(C)cc(C)c1. The molecular weight excluding hydrogens is 412 g/mol. The third-order valence-electron chi connectivity index (χ3n) is 4.48. The first-order valence-electron chi connectivity index (χ1n) is 9.80. The number of ketones is 1. The Morgan fingerprint density at radius 1 is 1.00 bits per heavy atom. The second kappa shape index (κ2) is 10.9. The maximum Gasteiger partial charge on any atom is 0.344 e. The van der Waals surface area contributed by atoms with Gasteiger partial charge in [-0.25, -0.2) is 4.79 Å². The zero-order valence-corrected chi connectivity index (χ0v) is 19.0. The van der Waals surface area contributed by atoms with E-state index in [1.807, 2.05) is 25.8 Å². The van der Waals surface area contributed by atoms with Crippen LogP contribution in [0.3, 0.4) is 0 Å². The lowest BCUT2D eigenvalue weighted by Crippen LogP contribution is -2.37. The summed E-state index contributed by atoms with van der Waals surface area (Å²) in [6.07, 6.45) is 4.69. The molecule has 0 N–H and O–H groups in total. The molecule has 168 valence electrons. The maximum atomic E-state index is 13.6. The van der Waals surface area contributed by atoms with Crippen molar-refractivity contribution < 1.29 is 33.1 Å². The van der Waals surface area contributed by atoms with Crippen molar-refractivity contribution in [3.05, 3.63) is 64.3 Å². The van der Waals surface area contributed by atoms with E-state index in [9.17, 15) is 15.0 Å². The summed E-state index contributed by atoms with van der Waals surface area (Å²) in [7, 11) is 4.36. The summed E-state index contributed by atoms with van der Waals surface area (Å²) < 4.78 is 22.5. The van der Waals surface area contributed by atoms with Crippen molar-refractivity contribution in [1.29, 1.82) is 0 Å². The highest BCUT2D eigenvalue weighted by Crippen LogP contribution is 2.38. The van der Waals surface area contributed by atoms with Crippen LogP contribution in [-0.2, 0) is 9.53 Å². The predicted molar refractivity (Wildman–Crippen MR) is 119 cm³/mol. The molecule has 32 heavy (non-hydrogen) atoms. The lowest BCUT2D eigenvalue weighted by Gasteiger charge is -2.13. The minimum atomic E-state index is -0.810. The number of aromatic nitrogens is 1. The summed E-state index contributed by atoms with van der Waals surface area (Å²) in [4.78, 5) is 25.8. The van der Waals surface area contributed by atoms with E-state index in [1.54, 1.807) is 23.9 Å². The molecule has 2 aromatic rings. The van der Waals surface area contributed by atoms with Gasteiger partial charge in [0, 0.05) is 22.8 Å². The maximum absolute atomic E-state index is 13.6. The van der Waals surface area contributed by atoms with E-state index in [2.05, 4.69) is 0 Å². The molecule has 2 rings (SSSR count). The van der Waals surface area contributed by atoms with Crippen LogP contribution >= 0.6 is 0 Å². The van der Waals surface area contributed by atoms with Crippen LogP contribution in [0.15, 0.2) is 42.2 Å². The Hall–Kier alpha value is -3.90. The van der Waals surface area contributed by atoms with Crippen LogP contribution in [-0.4, -0.2) is 45.6 Å². The number of Topliss-reactive ketones (excluding diaryl/α,β-unsaturated/α-hetero) is 1. The van der Waals surface area contributed by atoms with Gasteiger partial charge in [0.05, 0.1) is 33.5 Å². The van der Waals surface area contributed by atoms with Gasteiger partial charge in [0.15, 0.2) is 23.9 Å². The molecule has 0 aliphatic carbocycles. The molecular formula is C24H26N2O6. The fourth-order valence-corrected chi connectivity index (χ4v) is 3.15. The van der Waals surface area contributed by atoms with Crippen LogP contribution < -0.4 is 18.8 Å². The second-order valence-corrected chi connectivity index (χ2v) is 6.82. The quantitative estimate of drug-likeness (QED) is 0.149. The molecule has 0 aliphatic heterocycles. The zero-order chi connectivity index (χ0) is 23.8. The highest BCUT2D eigenvalue weighted by molar-refractivity contribution is 6.23. The van der Waals surface area contributed by atoms with Crippen LogP contribution in [0.1, 0.15) is 28.4 Å². The van der Waals surface area contributed by atoms with Gasteiger partial charge < -0.3 is 24.4 Å². The number of aryl methyl sites for hydroxylation is 2. The van der Waals surface area contributed by atoms with Crippen LogP contribution in [0.25, 0.3) is 11.1 Å². The van der Waals surface area contributed by atoms with E-state index >= 15 is 0 Å². The van der Waals surface area contributed by atoms with E-state index in [0.717, 1.165) is 11.1 Å². The molecule has 1 aromatic carbocycles. The number of nitrogens with zero attached hydrogens (tertiary/aromatic N) is 2. The van der Waals surface area contributed by atoms with Crippen molar-refractivity contribution in [3.8, 4) is 17.2 Å². The first kappa shape index (κ1) is 24.4.